The number of hydrogen-bond donors (Lipinski definition) is 1. The molecule has 1 heterocycles. The molecule has 1 aliphatic heterocycles. The molecular formula is C16H18BrN3O3S. The minimum atomic E-state index is -0.0493. The van der Waals surface area contributed by atoms with E-state index in [9.17, 15) is 4.79 Å². The number of nitrogens with zero attached hydrogens (tertiary/aromatic N) is 2. The van der Waals surface area contributed by atoms with Gasteiger partial charge in [0.05, 0.1) is 29.7 Å². The van der Waals surface area contributed by atoms with Crippen molar-refractivity contribution in [2.24, 2.45) is 10.2 Å². The highest BCUT2D eigenvalue weighted by Gasteiger charge is 2.20. The van der Waals surface area contributed by atoms with Crippen molar-refractivity contribution in [1.29, 1.82) is 0 Å². The van der Waals surface area contributed by atoms with E-state index in [1.54, 1.807) is 13.3 Å². The minimum Gasteiger partial charge on any atom is -0.493 e. The highest BCUT2D eigenvalue weighted by atomic mass is 79.9. The molecule has 1 N–H and O–H groups in total. The third kappa shape index (κ3) is 4.30. The second-order valence-corrected chi connectivity index (χ2v) is 7.36. The number of rotatable bonds is 5. The first-order chi connectivity index (χ1) is 11.7. The lowest BCUT2D eigenvalue weighted by atomic mass is 10.2. The van der Waals surface area contributed by atoms with Crippen molar-refractivity contribution in [1.82, 2.24) is 5.32 Å². The molecule has 2 aliphatic rings. The number of amidine groups is 1. The maximum absolute atomic E-state index is 11.1. The lowest BCUT2D eigenvalue weighted by Gasteiger charge is -2.17. The second-order valence-electron chi connectivity index (χ2n) is 5.55. The van der Waals surface area contributed by atoms with E-state index in [4.69, 9.17) is 9.47 Å². The molecule has 6 nitrogen and oxygen atoms in total. The average molecular weight is 412 g/mol. The van der Waals surface area contributed by atoms with Gasteiger partial charge in [-0.2, -0.15) is 5.10 Å². The van der Waals surface area contributed by atoms with Gasteiger partial charge in [-0.1, -0.05) is 11.8 Å². The molecule has 24 heavy (non-hydrogen) atoms. The molecule has 0 atom stereocenters. The maximum atomic E-state index is 11.1. The fourth-order valence-corrected chi connectivity index (χ4v) is 3.81. The number of ether oxygens (including phenoxy) is 2. The fraction of sp³-hybridized carbons (Fsp3) is 0.438. The van der Waals surface area contributed by atoms with Gasteiger partial charge in [0.15, 0.2) is 16.7 Å². The Labute approximate surface area is 153 Å². The number of carbonyl (C=O) groups excluding carboxylic acids is 1. The first-order valence-corrected chi connectivity index (χ1v) is 9.51. The van der Waals surface area contributed by atoms with Gasteiger partial charge in [0.2, 0.25) is 5.91 Å². The van der Waals surface area contributed by atoms with Crippen molar-refractivity contribution < 1.29 is 14.3 Å². The highest BCUT2D eigenvalue weighted by Crippen LogP contribution is 2.38. The summed E-state index contributed by atoms with van der Waals surface area (Å²) in [5.41, 5.74) is 0.830. The second kappa shape index (κ2) is 8.02. The molecule has 0 bridgehead atoms. The zero-order valence-corrected chi connectivity index (χ0v) is 15.7. The van der Waals surface area contributed by atoms with Crippen LogP contribution in [0.4, 0.5) is 0 Å². The Balaban J connectivity index is 1.74. The first-order valence-electron chi connectivity index (χ1n) is 7.73. The van der Waals surface area contributed by atoms with E-state index in [1.807, 2.05) is 12.1 Å². The molecule has 3 rings (SSSR count). The summed E-state index contributed by atoms with van der Waals surface area (Å²) in [5, 5.41) is 11.2. The number of benzene rings is 1. The molecule has 2 fully saturated rings. The number of methoxy groups -OCH3 is 1. The van der Waals surface area contributed by atoms with Crippen LogP contribution in [0.25, 0.3) is 0 Å². The molecule has 1 aliphatic carbocycles. The van der Waals surface area contributed by atoms with Crippen molar-refractivity contribution in [2.75, 3.05) is 12.9 Å². The van der Waals surface area contributed by atoms with Gasteiger partial charge in [-0.3, -0.25) is 4.79 Å². The summed E-state index contributed by atoms with van der Waals surface area (Å²) in [5.74, 6) is 1.73. The van der Waals surface area contributed by atoms with Crippen LogP contribution in [0.5, 0.6) is 11.5 Å². The number of thioether (sulfide) groups is 1. The zero-order valence-electron chi connectivity index (χ0n) is 13.3. The third-order valence-corrected chi connectivity index (χ3v) is 5.23. The van der Waals surface area contributed by atoms with Crippen LogP contribution in [-0.2, 0) is 4.79 Å². The Kier molecular flexibility index (Phi) is 5.78. The van der Waals surface area contributed by atoms with Gasteiger partial charge in [-0.25, -0.2) is 0 Å². The Morgan fingerprint density at radius 2 is 2.17 bits per heavy atom. The number of hydrogen-bond acceptors (Lipinski definition) is 6. The van der Waals surface area contributed by atoms with Gasteiger partial charge in [0.25, 0.3) is 0 Å². The summed E-state index contributed by atoms with van der Waals surface area (Å²) < 4.78 is 12.4. The van der Waals surface area contributed by atoms with Crippen molar-refractivity contribution in [3.8, 4) is 11.5 Å². The van der Waals surface area contributed by atoms with Gasteiger partial charge in [0.1, 0.15) is 0 Å². The highest BCUT2D eigenvalue weighted by molar-refractivity contribution is 9.10. The quantitative estimate of drug-likeness (QED) is 0.595. The number of amides is 1. The van der Waals surface area contributed by atoms with Crippen LogP contribution < -0.4 is 14.8 Å². The molecule has 128 valence electrons. The largest absolute Gasteiger partial charge is 0.493 e. The summed E-state index contributed by atoms with van der Waals surface area (Å²) in [7, 11) is 1.62. The van der Waals surface area contributed by atoms with Crippen molar-refractivity contribution in [3.63, 3.8) is 0 Å². The standard InChI is InChI=1S/C16H18BrN3O3S/c1-22-13-7-10(8-18-20-16-19-14(21)9-24-16)6-12(17)15(13)23-11-4-2-3-5-11/h6-8,11H,2-5,9H2,1H3,(H,19,20,21). The molecule has 0 radical (unpaired) electrons. The molecule has 1 amide bonds. The Morgan fingerprint density at radius 1 is 1.38 bits per heavy atom. The van der Waals surface area contributed by atoms with Crippen LogP contribution in [0, 0.1) is 0 Å². The molecular weight excluding hydrogens is 394 g/mol. The van der Waals surface area contributed by atoms with Crippen LogP contribution in [-0.4, -0.2) is 36.3 Å². The van der Waals surface area contributed by atoms with E-state index in [0.29, 0.717) is 16.7 Å². The summed E-state index contributed by atoms with van der Waals surface area (Å²) in [4.78, 5) is 11.1. The van der Waals surface area contributed by atoms with Crippen LogP contribution in [0.15, 0.2) is 26.8 Å². The van der Waals surface area contributed by atoms with E-state index in [0.717, 1.165) is 28.6 Å². The summed E-state index contributed by atoms with van der Waals surface area (Å²) in [6.07, 6.45) is 6.46. The summed E-state index contributed by atoms with van der Waals surface area (Å²) in [6, 6.07) is 3.77. The van der Waals surface area contributed by atoms with Crippen LogP contribution in [0.2, 0.25) is 0 Å². The molecule has 0 spiro atoms. The first kappa shape index (κ1) is 17.3. The van der Waals surface area contributed by atoms with Gasteiger partial charge >= 0.3 is 0 Å². The van der Waals surface area contributed by atoms with E-state index < -0.39 is 0 Å². The van der Waals surface area contributed by atoms with E-state index in [-0.39, 0.29) is 12.0 Å². The predicted octanol–water partition coefficient (Wildman–Crippen LogP) is 3.33. The zero-order chi connectivity index (χ0) is 16.9. The SMILES string of the molecule is COc1cc(C=NN=C2NC(=O)CS2)cc(Br)c1OC1CCCC1. The maximum Gasteiger partial charge on any atom is 0.236 e. The number of nitrogens with one attached hydrogen (secondary N) is 1. The molecule has 1 saturated heterocycles. The van der Waals surface area contributed by atoms with Gasteiger partial charge in [0, 0.05) is 0 Å². The smallest absolute Gasteiger partial charge is 0.236 e. The molecule has 0 unspecified atom stereocenters. The molecule has 1 aromatic carbocycles. The van der Waals surface area contributed by atoms with Gasteiger partial charge in [-0.15, -0.1) is 5.10 Å². The molecule has 0 aromatic heterocycles. The van der Waals surface area contributed by atoms with E-state index in [1.165, 1.54) is 24.6 Å². The lowest BCUT2D eigenvalue weighted by Crippen LogP contribution is -2.19. The Bertz CT molecular complexity index is 687. The number of halogens is 1. The summed E-state index contributed by atoms with van der Waals surface area (Å²) >= 11 is 4.89. The van der Waals surface area contributed by atoms with Crippen molar-refractivity contribution in [3.05, 3.63) is 22.2 Å². The predicted molar refractivity (Wildman–Crippen MR) is 99.2 cm³/mol. The van der Waals surface area contributed by atoms with Crippen molar-refractivity contribution >= 4 is 45.0 Å². The molecule has 1 saturated carbocycles. The van der Waals surface area contributed by atoms with Crippen LogP contribution in [0.1, 0.15) is 31.2 Å². The van der Waals surface area contributed by atoms with Gasteiger partial charge < -0.3 is 14.8 Å². The topological polar surface area (TPSA) is 72.3 Å². The van der Waals surface area contributed by atoms with Crippen molar-refractivity contribution in [2.45, 2.75) is 31.8 Å². The molecule has 8 heteroatoms. The Hall–Kier alpha value is -1.54. The summed E-state index contributed by atoms with van der Waals surface area (Å²) in [6.45, 7) is 0. The monoisotopic (exact) mass is 411 g/mol. The minimum absolute atomic E-state index is 0.0493. The normalized spacial score (nSPS) is 20.1. The van der Waals surface area contributed by atoms with E-state index in [2.05, 4.69) is 31.4 Å². The molecule has 1 aromatic rings. The van der Waals surface area contributed by atoms with Crippen LogP contribution in [0.3, 0.4) is 0 Å². The number of carbonyl (C=O) groups is 1. The lowest BCUT2D eigenvalue weighted by molar-refractivity contribution is -0.116. The van der Waals surface area contributed by atoms with Crippen LogP contribution >= 0.6 is 27.7 Å². The fourth-order valence-electron chi connectivity index (χ4n) is 2.63. The Morgan fingerprint density at radius 3 is 2.83 bits per heavy atom. The van der Waals surface area contributed by atoms with Gasteiger partial charge in [-0.05, 0) is 59.3 Å². The third-order valence-electron chi connectivity index (χ3n) is 3.78. The average Bonchev–Trinajstić information content (AvgIpc) is 3.21. The van der Waals surface area contributed by atoms with E-state index >= 15 is 0 Å².